The minimum Gasteiger partial charge on any atom is -0.473 e. The molecule has 0 unspecified atom stereocenters. The van der Waals surface area contributed by atoms with Crippen molar-refractivity contribution < 1.29 is 40.3 Å². The third kappa shape index (κ3) is 6.37. The molecule has 1 amide bonds. The SMILES string of the molecule is C[C@@H](COc1nc(N2CCN(c3ncc(C(F)(F)F)cn3)CC2=O)ccc1F)Nc1cn[nH]c(=O)c1C(F)(F)F. The van der Waals surface area contributed by atoms with Crippen LogP contribution in [0, 0.1) is 5.82 Å². The number of pyridine rings is 1. The monoisotopic (exact) mass is 576 g/mol. The number of carbonyl (C=O) groups excluding carboxylic acids is 1. The number of aromatic nitrogens is 5. The van der Waals surface area contributed by atoms with Crippen molar-refractivity contribution in [2.75, 3.05) is 41.4 Å². The highest BCUT2D eigenvalue weighted by atomic mass is 19.4. The molecule has 0 aromatic carbocycles. The second-order valence-electron chi connectivity index (χ2n) is 8.53. The molecule has 1 atom stereocenters. The Morgan fingerprint density at radius 2 is 1.75 bits per heavy atom. The summed E-state index contributed by atoms with van der Waals surface area (Å²) in [5, 5.41) is 7.49. The van der Waals surface area contributed by atoms with Gasteiger partial charge in [-0.25, -0.2) is 19.5 Å². The summed E-state index contributed by atoms with van der Waals surface area (Å²) in [6.07, 6.45) is -7.58. The first-order valence-corrected chi connectivity index (χ1v) is 11.4. The van der Waals surface area contributed by atoms with E-state index in [1.807, 2.05) is 0 Å². The van der Waals surface area contributed by atoms with E-state index >= 15 is 0 Å². The lowest BCUT2D eigenvalue weighted by atomic mass is 10.2. The third-order valence-corrected chi connectivity index (χ3v) is 5.56. The molecule has 3 aromatic rings. The van der Waals surface area contributed by atoms with Crippen LogP contribution in [-0.2, 0) is 17.1 Å². The maximum Gasteiger partial charge on any atom is 0.423 e. The Labute approximate surface area is 220 Å². The van der Waals surface area contributed by atoms with Crippen LogP contribution in [0.1, 0.15) is 18.1 Å². The fraction of sp³-hybridized carbons (Fsp3) is 0.364. The van der Waals surface area contributed by atoms with Gasteiger partial charge in [0.1, 0.15) is 24.5 Å². The maximum absolute atomic E-state index is 14.4. The number of anilines is 3. The van der Waals surface area contributed by atoms with Crippen LogP contribution in [0.3, 0.4) is 0 Å². The molecule has 3 aromatic heterocycles. The number of hydrogen-bond acceptors (Lipinski definition) is 9. The number of nitrogens with zero attached hydrogens (tertiary/aromatic N) is 6. The molecule has 0 saturated carbocycles. The van der Waals surface area contributed by atoms with Gasteiger partial charge in [-0.3, -0.25) is 14.5 Å². The molecule has 1 aliphatic heterocycles. The summed E-state index contributed by atoms with van der Waals surface area (Å²) in [7, 11) is 0. The fourth-order valence-corrected chi connectivity index (χ4v) is 3.68. The Hall–Kier alpha value is -4.51. The standard InChI is InChI=1S/C22H19F7N8O3/c1-11(33-14-8-32-35-18(39)17(14)22(27,28)29)10-40-19-13(23)2-3-15(34-19)37-5-4-36(9-16(37)38)20-30-6-12(7-31-20)21(24,25)26/h2-3,6-8,11H,4-5,9-10H2,1H3,(H2,33,35,39)/t11-/m0/s1. The highest BCUT2D eigenvalue weighted by Crippen LogP contribution is 2.32. The van der Waals surface area contributed by atoms with E-state index in [1.54, 1.807) is 5.10 Å². The van der Waals surface area contributed by atoms with Crippen molar-refractivity contribution in [1.29, 1.82) is 0 Å². The number of aromatic amines is 1. The van der Waals surface area contributed by atoms with Gasteiger partial charge < -0.3 is 15.0 Å². The molecule has 0 radical (unpaired) electrons. The minimum absolute atomic E-state index is 0.00755. The minimum atomic E-state index is -4.96. The molecule has 18 heteroatoms. The Kier molecular flexibility index (Phi) is 7.79. The molecule has 0 bridgehead atoms. The van der Waals surface area contributed by atoms with Gasteiger partial charge in [-0.15, -0.1) is 0 Å². The van der Waals surface area contributed by atoms with Gasteiger partial charge in [0.25, 0.3) is 11.4 Å². The smallest absolute Gasteiger partial charge is 0.423 e. The van der Waals surface area contributed by atoms with Crippen LogP contribution in [0.25, 0.3) is 0 Å². The number of H-pyrrole nitrogens is 1. The van der Waals surface area contributed by atoms with Crippen molar-refractivity contribution in [3.8, 4) is 5.88 Å². The quantitative estimate of drug-likeness (QED) is 0.408. The van der Waals surface area contributed by atoms with Crippen LogP contribution in [0.5, 0.6) is 5.88 Å². The zero-order valence-electron chi connectivity index (χ0n) is 20.3. The predicted octanol–water partition coefficient (Wildman–Crippen LogP) is 2.86. The van der Waals surface area contributed by atoms with E-state index in [0.717, 1.165) is 12.3 Å². The van der Waals surface area contributed by atoms with E-state index < -0.39 is 58.4 Å². The van der Waals surface area contributed by atoms with Crippen LogP contribution in [0.15, 0.2) is 35.5 Å². The topological polar surface area (TPSA) is 129 Å². The van der Waals surface area contributed by atoms with E-state index in [0.29, 0.717) is 12.4 Å². The number of piperazine rings is 1. The molecule has 0 spiro atoms. The Morgan fingerprint density at radius 3 is 2.38 bits per heavy atom. The van der Waals surface area contributed by atoms with Crippen molar-refractivity contribution in [2.45, 2.75) is 25.3 Å². The van der Waals surface area contributed by atoms with Crippen LogP contribution in [0.4, 0.5) is 48.2 Å². The zero-order valence-corrected chi connectivity index (χ0v) is 20.3. The molecular weight excluding hydrogens is 557 g/mol. The first-order valence-electron chi connectivity index (χ1n) is 11.4. The number of amides is 1. The summed E-state index contributed by atoms with van der Waals surface area (Å²) in [6.45, 7) is 0.862. The van der Waals surface area contributed by atoms with Crippen LogP contribution in [-0.4, -0.2) is 63.3 Å². The van der Waals surface area contributed by atoms with Gasteiger partial charge in [-0.1, -0.05) is 0 Å². The van der Waals surface area contributed by atoms with E-state index in [9.17, 15) is 40.3 Å². The predicted molar refractivity (Wildman–Crippen MR) is 124 cm³/mol. The molecule has 40 heavy (non-hydrogen) atoms. The number of hydrogen-bond donors (Lipinski definition) is 2. The summed E-state index contributed by atoms with van der Waals surface area (Å²) in [5.41, 5.74) is -4.57. The van der Waals surface area contributed by atoms with Crippen LogP contribution >= 0.6 is 0 Å². The van der Waals surface area contributed by atoms with Crippen molar-refractivity contribution in [3.05, 3.63) is 58.0 Å². The van der Waals surface area contributed by atoms with Gasteiger partial charge in [0.05, 0.1) is 23.5 Å². The molecule has 214 valence electrons. The maximum atomic E-state index is 14.4. The molecule has 4 rings (SSSR count). The number of halogens is 7. The van der Waals surface area contributed by atoms with E-state index in [4.69, 9.17) is 4.74 Å². The van der Waals surface area contributed by atoms with E-state index in [2.05, 4.69) is 25.4 Å². The summed E-state index contributed by atoms with van der Waals surface area (Å²) in [4.78, 5) is 38.2. The fourth-order valence-electron chi connectivity index (χ4n) is 3.68. The molecular formula is C22H19F7N8O3. The normalized spacial score (nSPS) is 15.2. The highest BCUT2D eigenvalue weighted by Gasteiger charge is 2.38. The van der Waals surface area contributed by atoms with E-state index in [1.165, 1.54) is 22.8 Å². The average molecular weight is 576 g/mol. The van der Waals surface area contributed by atoms with Gasteiger partial charge in [0.2, 0.25) is 11.9 Å². The Morgan fingerprint density at radius 1 is 1.05 bits per heavy atom. The Balaban J connectivity index is 1.40. The van der Waals surface area contributed by atoms with Crippen LogP contribution < -0.4 is 25.4 Å². The number of alkyl halides is 6. The second-order valence-corrected chi connectivity index (χ2v) is 8.53. The van der Waals surface area contributed by atoms with Crippen molar-refractivity contribution in [2.24, 2.45) is 0 Å². The second kappa shape index (κ2) is 10.9. The van der Waals surface area contributed by atoms with Gasteiger partial charge in [-0.05, 0) is 19.1 Å². The molecule has 1 fully saturated rings. The van der Waals surface area contributed by atoms with E-state index in [-0.39, 0.29) is 38.0 Å². The van der Waals surface area contributed by atoms with Crippen molar-refractivity contribution in [1.82, 2.24) is 25.1 Å². The molecule has 1 aliphatic rings. The summed E-state index contributed by atoms with van der Waals surface area (Å²) >= 11 is 0. The van der Waals surface area contributed by atoms with Gasteiger partial charge in [0.15, 0.2) is 5.82 Å². The molecule has 4 heterocycles. The van der Waals surface area contributed by atoms with Crippen molar-refractivity contribution in [3.63, 3.8) is 0 Å². The summed E-state index contributed by atoms with van der Waals surface area (Å²) in [6, 6.07) is 1.32. The first-order chi connectivity index (χ1) is 18.7. The third-order valence-electron chi connectivity index (χ3n) is 5.56. The van der Waals surface area contributed by atoms with Gasteiger partial charge in [0, 0.05) is 25.5 Å². The number of ether oxygens (including phenoxy) is 1. The van der Waals surface area contributed by atoms with Gasteiger partial charge >= 0.3 is 12.4 Å². The average Bonchev–Trinajstić information content (AvgIpc) is 2.87. The first kappa shape index (κ1) is 28.5. The Bertz CT molecular complexity index is 1430. The number of carbonyl (C=O) groups is 1. The highest BCUT2D eigenvalue weighted by molar-refractivity contribution is 5.96. The molecule has 11 nitrogen and oxygen atoms in total. The number of rotatable bonds is 7. The lowest BCUT2D eigenvalue weighted by molar-refractivity contribution is -0.139. The number of nitrogens with one attached hydrogen (secondary N) is 2. The molecule has 1 saturated heterocycles. The van der Waals surface area contributed by atoms with Crippen molar-refractivity contribution >= 4 is 23.4 Å². The summed E-state index contributed by atoms with van der Waals surface area (Å²) in [5.74, 6) is -2.05. The van der Waals surface area contributed by atoms with Gasteiger partial charge in [-0.2, -0.15) is 36.4 Å². The summed E-state index contributed by atoms with van der Waals surface area (Å²) < 4.78 is 97.6. The lowest BCUT2D eigenvalue weighted by Gasteiger charge is -2.33. The molecule has 2 N–H and O–H groups in total. The van der Waals surface area contributed by atoms with Crippen LogP contribution in [0.2, 0.25) is 0 Å². The zero-order chi connectivity index (χ0) is 29.2. The molecule has 0 aliphatic carbocycles. The lowest BCUT2D eigenvalue weighted by Crippen LogP contribution is -2.51. The largest absolute Gasteiger partial charge is 0.473 e.